The van der Waals surface area contributed by atoms with Crippen LogP contribution in [0, 0.1) is 0 Å². The van der Waals surface area contributed by atoms with Gasteiger partial charge in [0.25, 0.3) is 0 Å². The van der Waals surface area contributed by atoms with E-state index in [0.717, 1.165) is 37.8 Å². The molecule has 0 spiro atoms. The summed E-state index contributed by atoms with van der Waals surface area (Å²) in [5.41, 5.74) is 4.07. The Morgan fingerprint density at radius 3 is 2.41 bits per heavy atom. The van der Waals surface area contributed by atoms with Gasteiger partial charge in [0, 0.05) is 25.0 Å². The van der Waals surface area contributed by atoms with Gasteiger partial charge in [0.2, 0.25) is 10.0 Å². The van der Waals surface area contributed by atoms with Crippen molar-refractivity contribution in [1.82, 2.24) is 9.29 Å². The Kier molecular flexibility index (Phi) is 4.73. The zero-order valence-electron chi connectivity index (χ0n) is 12.7. The van der Waals surface area contributed by atoms with Crippen molar-refractivity contribution in [3.05, 3.63) is 18.3 Å². The van der Waals surface area contributed by atoms with Crippen molar-refractivity contribution < 1.29 is 8.42 Å². The van der Waals surface area contributed by atoms with Crippen molar-refractivity contribution in [3.63, 3.8) is 0 Å². The summed E-state index contributed by atoms with van der Waals surface area (Å²) in [6, 6.07) is 3.28. The first-order chi connectivity index (χ1) is 10.7. The van der Waals surface area contributed by atoms with Gasteiger partial charge in [-0.2, -0.15) is 9.41 Å². The molecule has 7 heteroatoms. The first-order valence-electron chi connectivity index (χ1n) is 7.94. The van der Waals surface area contributed by atoms with Crippen LogP contribution in [0.4, 0.5) is 5.82 Å². The monoisotopic (exact) mass is 322 g/mol. The second kappa shape index (κ2) is 6.75. The SMILES string of the molecule is O=S(=O)(c1ccc(NN=C2CCCC2)nc1)N1CCCCC1. The molecule has 2 fully saturated rings. The van der Waals surface area contributed by atoms with Crippen molar-refractivity contribution in [3.8, 4) is 0 Å². The molecule has 2 aliphatic rings. The van der Waals surface area contributed by atoms with Gasteiger partial charge in [-0.25, -0.2) is 13.4 Å². The molecule has 0 atom stereocenters. The van der Waals surface area contributed by atoms with Crippen LogP contribution in [0.5, 0.6) is 0 Å². The van der Waals surface area contributed by atoms with Crippen LogP contribution in [0.2, 0.25) is 0 Å². The third-order valence-corrected chi connectivity index (χ3v) is 6.08. The molecule has 0 aromatic carbocycles. The highest BCUT2D eigenvalue weighted by Gasteiger charge is 2.26. The van der Waals surface area contributed by atoms with Gasteiger partial charge in [0.05, 0.1) is 0 Å². The lowest BCUT2D eigenvalue weighted by atomic mass is 10.2. The van der Waals surface area contributed by atoms with Crippen LogP contribution in [-0.4, -0.2) is 36.5 Å². The number of hydrogen-bond donors (Lipinski definition) is 1. The van der Waals surface area contributed by atoms with Crippen LogP contribution in [0.1, 0.15) is 44.9 Å². The molecule has 1 N–H and O–H groups in total. The second-order valence-electron chi connectivity index (χ2n) is 5.84. The van der Waals surface area contributed by atoms with E-state index in [0.29, 0.717) is 18.9 Å². The minimum absolute atomic E-state index is 0.258. The molecule has 0 radical (unpaired) electrons. The summed E-state index contributed by atoms with van der Waals surface area (Å²) in [5, 5.41) is 4.32. The van der Waals surface area contributed by atoms with E-state index in [4.69, 9.17) is 0 Å². The van der Waals surface area contributed by atoms with Gasteiger partial charge in [-0.15, -0.1) is 0 Å². The number of anilines is 1. The Bertz CT molecular complexity index is 626. The normalized spacial score (nSPS) is 20.1. The molecule has 0 amide bonds. The maximum Gasteiger partial charge on any atom is 0.244 e. The molecule has 6 nitrogen and oxygen atoms in total. The fourth-order valence-electron chi connectivity index (χ4n) is 2.88. The van der Waals surface area contributed by atoms with Crippen molar-refractivity contribution in [2.75, 3.05) is 18.5 Å². The average Bonchev–Trinajstić information content (AvgIpc) is 3.08. The lowest BCUT2D eigenvalue weighted by molar-refractivity contribution is 0.346. The number of pyridine rings is 1. The van der Waals surface area contributed by atoms with E-state index in [9.17, 15) is 8.42 Å². The van der Waals surface area contributed by atoms with Gasteiger partial charge in [0.1, 0.15) is 10.7 Å². The van der Waals surface area contributed by atoms with Crippen LogP contribution in [0.3, 0.4) is 0 Å². The zero-order chi connectivity index (χ0) is 15.4. The lowest BCUT2D eigenvalue weighted by Gasteiger charge is -2.25. The van der Waals surface area contributed by atoms with Crippen LogP contribution >= 0.6 is 0 Å². The van der Waals surface area contributed by atoms with E-state index < -0.39 is 10.0 Å². The summed E-state index contributed by atoms with van der Waals surface area (Å²) in [6.07, 6.45) is 8.85. The highest BCUT2D eigenvalue weighted by atomic mass is 32.2. The lowest BCUT2D eigenvalue weighted by Crippen LogP contribution is -2.35. The van der Waals surface area contributed by atoms with Crippen LogP contribution in [0.15, 0.2) is 28.3 Å². The number of nitrogens with one attached hydrogen (secondary N) is 1. The predicted octanol–water partition coefficient (Wildman–Crippen LogP) is 2.60. The quantitative estimate of drug-likeness (QED) is 0.865. The van der Waals surface area contributed by atoms with Gasteiger partial charge in [0.15, 0.2) is 0 Å². The van der Waals surface area contributed by atoms with Crippen molar-refractivity contribution in [2.24, 2.45) is 5.10 Å². The van der Waals surface area contributed by atoms with E-state index in [1.54, 1.807) is 16.4 Å². The van der Waals surface area contributed by atoms with E-state index in [1.165, 1.54) is 19.0 Å². The molecule has 0 bridgehead atoms. The van der Waals surface area contributed by atoms with Crippen molar-refractivity contribution in [2.45, 2.75) is 49.8 Å². The summed E-state index contributed by atoms with van der Waals surface area (Å²) in [7, 11) is -3.40. The first-order valence-corrected chi connectivity index (χ1v) is 9.38. The van der Waals surface area contributed by atoms with Gasteiger partial charge in [-0.3, -0.25) is 5.43 Å². The minimum atomic E-state index is -3.40. The molecule has 22 heavy (non-hydrogen) atoms. The molecular formula is C15H22N4O2S. The Hall–Kier alpha value is -1.47. The largest absolute Gasteiger partial charge is 0.261 e. The number of sulfonamides is 1. The van der Waals surface area contributed by atoms with Crippen LogP contribution in [0.25, 0.3) is 0 Å². The Labute approximate surface area is 131 Å². The Morgan fingerprint density at radius 1 is 1.05 bits per heavy atom. The maximum atomic E-state index is 12.5. The number of rotatable bonds is 4. The highest BCUT2D eigenvalue weighted by Crippen LogP contribution is 2.21. The molecule has 1 aromatic heterocycles. The fraction of sp³-hybridized carbons (Fsp3) is 0.600. The Balaban J connectivity index is 1.69. The Morgan fingerprint density at radius 2 is 1.77 bits per heavy atom. The third-order valence-electron chi connectivity index (χ3n) is 4.20. The molecule has 1 aliphatic carbocycles. The average molecular weight is 322 g/mol. The number of aromatic nitrogens is 1. The second-order valence-corrected chi connectivity index (χ2v) is 7.78. The smallest absolute Gasteiger partial charge is 0.244 e. The maximum absolute atomic E-state index is 12.5. The molecule has 1 saturated heterocycles. The summed E-state index contributed by atoms with van der Waals surface area (Å²) >= 11 is 0. The van der Waals surface area contributed by atoms with Crippen LogP contribution < -0.4 is 5.43 Å². The first kappa shape index (κ1) is 15.4. The summed E-state index contributed by atoms with van der Waals surface area (Å²) in [6.45, 7) is 1.21. The van der Waals surface area contributed by atoms with E-state index in [1.807, 2.05) is 0 Å². The summed E-state index contributed by atoms with van der Waals surface area (Å²) < 4.78 is 26.6. The summed E-state index contributed by atoms with van der Waals surface area (Å²) in [5.74, 6) is 0.581. The molecule has 0 unspecified atom stereocenters. The zero-order valence-corrected chi connectivity index (χ0v) is 13.5. The molecule has 3 rings (SSSR count). The number of nitrogens with zero attached hydrogens (tertiary/aromatic N) is 3. The topological polar surface area (TPSA) is 74.7 Å². The third kappa shape index (κ3) is 3.47. The van der Waals surface area contributed by atoms with E-state index in [2.05, 4.69) is 15.5 Å². The molecule has 1 aromatic rings. The van der Waals surface area contributed by atoms with Gasteiger partial charge >= 0.3 is 0 Å². The molecule has 1 aliphatic heterocycles. The number of hydrazone groups is 1. The molecule has 120 valence electrons. The fourth-order valence-corrected chi connectivity index (χ4v) is 4.35. The van der Waals surface area contributed by atoms with E-state index >= 15 is 0 Å². The minimum Gasteiger partial charge on any atom is -0.261 e. The van der Waals surface area contributed by atoms with E-state index in [-0.39, 0.29) is 4.90 Å². The van der Waals surface area contributed by atoms with Crippen molar-refractivity contribution in [1.29, 1.82) is 0 Å². The molecular weight excluding hydrogens is 300 g/mol. The highest BCUT2D eigenvalue weighted by molar-refractivity contribution is 7.89. The predicted molar refractivity (Wildman–Crippen MR) is 86.4 cm³/mol. The van der Waals surface area contributed by atoms with Crippen LogP contribution in [-0.2, 0) is 10.0 Å². The molecule has 1 saturated carbocycles. The van der Waals surface area contributed by atoms with Gasteiger partial charge in [-0.05, 0) is 50.7 Å². The summed E-state index contributed by atoms with van der Waals surface area (Å²) in [4.78, 5) is 4.43. The number of hydrogen-bond acceptors (Lipinski definition) is 5. The van der Waals surface area contributed by atoms with Gasteiger partial charge < -0.3 is 0 Å². The molecule has 2 heterocycles. The number of piperidine rings is 1. The standard InChI is InChI=1S/C15H22N4O2S/c20-22(21,19-10-4-1-5-11-19)14-8-9-15(16-12-14)18-17-13-6-2-3-7-13/h8-9,12H,1-7,10-11H2,(H,16,18). The van der Waals surface area contributed by atoms with Crippen molar-refractivity contribution >= 4 is 21.6 Å². The van der Waals surface area contributed by atoms with Gasteiger partial charge in [-0.1, -0.05) is 6.42 Å².